The Bertz CT molecular complexity index is 747. The lowest BCUT2D eigenvalue weighted by Crippen LogP contribution is -2.34. The number of nitrogens with one attached hydrogen (secondary N) is 2. The van der Waals surface area contributed by atoms with Gasteiger partial charge in [0.1, 0.15) is 0 Å². The number of amides is 1. The van der Waals surface area contributed by atoms with E-state index in [1.54, 1.807) is 12.1 Å². The van der Waals surface area contributed by atoms with Crippen LogP contribution in [0.1, 0.15) is 35.7 Å². The van der Waals surface area contributed by atoms with Gasteiger partial charge in [0.15, 0.2) is 5.11 Å². The first-order valence-electron chi connectivity index (χ1n) is 7.04. The van der Waals surface area contributed by atoms with Crippen molar-refractivity contribution in [1.82, 2.24) is 5.32 Å². The second kappa shape index (κ2) is 7.77. The fraction of sp³-hybridized carbons (Fsp3) is 0.176. The van der Waals surface area contributed by atoms with Crippen LogP contribution in [0.15, 0.2) is 42.5 Å². The van der Waals surface area contributed by atoms with Crippen LogP contribution in [-0.2, 0) is 0 Å². The fourth-order valence-electron chi connectivity index (χ4n) is 2.11. The molecule has 0 bridgehead atoms. The molecule has 0 unspecified atom stereocenters. The van der Waals surface area contributed by atoms with Crippen molar-refractivity contribution in [3.05, 3.63) is 63.6 Å². The molecule has 0 heterocycles. The van der Waals surface area contributed by atoms with Gasteiger partial charge in [-0.3, -0.25) is 10.1 Å². The van der Waals surface area contributed by atoms with Gasteiger partial charge in [-0.05, 0) is 48.0 Å². The van der Waals surface area contributed by atoms with Gasteiger partial charge in [0.2, 0.25) is 0 Å². The highest BCUT2D eigenvalue weighted by Gasteiger charge is 2.13. The largest absolute Gasteiger partial charge is 0.332 e. The lowest BCUT2D eigenvalue weighted by molar-refractivity contribution is 0.0978. The molecule has 120 valence electrons. The lowest BCUT2D eigenvalue weighted by atomic mass is 10.0. The first-order chi connectivity index (χ1) is 10.9. The summed E-state index contributed by atoms with van der Waals surface area (Å²) in [5.41, 5.74) is 2.31. The van der Waals surface area contributed by atoms with Crippen molar-refractivity contribution in [2.45, 2.75) is 19.8 Å². The number of hydrogen-bond donors (Lipinski definition) is 2. The van der Waals surface area contributed by atoms with Crippen LogP contribution in [-0.4, -0.2) is 11.0 Å². The summed E-state index contributed by atoms with van der Waals surface area (Å²) in [5, 5.41) is 6.64. The van der Waals surface area contributed by atoms with E-state index in [0.29, 0.717) is 16.5 Å². The standard InChI is InChI=1S/C17H16Cl2N2OS/c1-10(2)12-5-3-4-6-15(12)20-17(23)21-16(22)13-8-7-11(18)9-14(13)19/h3-10H,1-2H3,(H2,20,21,22,23). The summed E-state index contributed by atoms with van der Waals surface area (Å²) in [6.07, 6.45) is 0. The molecule has 0 saturated heterocycles. The van der Waals surface area contributed by atoms with Crippen LogP contribution in [0.3, 0.4) is 0 Å². The Kier molecular flexibility index (Phi) is 5.99. The first-order valence-corrected chi connectivity index (χ1v) is 8.21. The monoisotopic (exact) mass is 366 g/mol. The lowest BCUT2D eigenvalue weighted by Gasteiger charge is -2.15. The van der Waals surface area contributed by atoms with Gasteiger partial charge in [-0.1, -0.05) is 55.2 Å². The first kappa shape index (κ1) is 17.7. The number of carbonyl (C=O) groups is 1. The number of carbonyl (C=O) groups excluding carboxylic acids is 1. The third kappa shape index (κ3) is 4.67. The molecule has 2 aromatic rings. The summed E-state index contributed by atoms with van der Waals surface area (Å²) >= 11 is 17.1. The molecule has 0 radical (unpaired) electrons. The van der Waals surface area contributed by atoms with Crippen LogP contribution >= 0.6 is 35.4 Å². The Morgan fingerprint density at radius 2 is 1.83 bits per heavy atom. The molecule has 0 aliphatic rings. The summed E-state index contributed by atoms with van der Waals surface area (Å²) < 4.78 is 0. The minimum atomic E-state index is -0.383. The number of hydrogen-bond acceptors (Lipinski definition) is 2. The molecule has 6 heteroatoms. The van der Waals surface area contributed by atoms with Gasteiger partial charge < -0.3 is 5.32 Å². The quantitative estimate of drug-likeness (QED) is 0.729. The minimum Gasteiger partial charge on any atom is -0.332 e. The van der Waals surface area contributed by atoms with Crippen LogP contribution in [0, 0.1) is 0 Å². The van der Waals surface area contributed by atoms with Gasteiger partial charge in [0.25, 0.3) is 5.91 Å². The maximum absolute atomic E-state index is 12.2. The molecule has 0 aromatic heterocycles. The third-order valence-corrected chi connectivity index (χ3v) is 3.99. The number of halogens is 2. The maximum Gasteiger partial charge on any atom is 0.258 e. The number of anilines is 1. The second-order valence-corrected chi connectivity index (χ2v) is 6.53. The second-order valence-electron chi connectivity index (χ2n) is 5.27. The molecule has 3 nitrogen and oxygen atoms in total. The van der Waals surface area contributed by atoms with E-state index >= 15 is 0 Å². The smallest absolute Gasteiger partial charge is 0.258 e. The van der Waals surface area contributed by atoms with Crippen molar-refractivity contribution >= 4 is 52.1 Å². The molecule has 0 spiro atoms. The van der Waals surface area contributed by atoms with Gasteiger partial charge >= 0.3 is 0 Å². The molecule has 2 N–H and O–H groups in total. The van der Waals surface area contributed by atoms with Gasteiger partial charge in [0, 0.05) is 10.7 Å². The van der Waals surface area contributed by atoms with Crippen LogP contribution in [0.2, 0.25) is 10.0 Å². The maximum atomic E-state index is 12.2. The average molecular weight is 367 g/mol. The molecule has 0 saturated carbocycles. The highest BCUT2D eigenvalue weighted by molar-refractivity contribution is 7.80. The highest BCUT2D eigenvalue weighted by Crippen LogP contribution is 2.24. The summed E-state index contributed by atoms with van der Waals surface area (Å²) in [6, 6.07) is 12.5. The van der Waals surface area contributed by atoms with Gasteiger partial charge in [-0.25, -0.2) is 0 Å². The van der Waals surface area contributed by atoms with E-state index in [0.717, 1.165) is 11.3 Å². The highest BCUT2D eigenvalue weighted by atomic mass is 35.5. The van der Waals surface area contributed by atoms with E-state index in [1.807, 2.05) is 24.3 Å². The Balaban J connectivity index is 2.09. The van der Waals surface area contributed by atoms with Crippen molar-refractivity contribution < 1.29 is 4.79 Å². The van der Waals surface area contributed by atoms with Crippen LogP contribution in [0.5, 0.6) is 0 Å². The predicted molar refractivity (Wildman–Crippen MR) is 101 cm³/mol. The Morgan fingerprint density at radius 3 is 2.48 bits per heavy atom. The van der Waals surface area contributed by atoms with Gasteiger partial charge in [0.05, 0.1) is 10.6 Å². The van der Waals surface area contributed by atoms with Crippen molar-refractivity contribution in [1.29, 1.82) is 0 Å². The molecule has 2 rings (SSSR count). The number of rotatable bonds is 3. The van der Waals surface area contributed by atoms with Crippen LogP contribution in [0.4, 0.5) is 5.69 Å². The summed E-state index contributed by atoms with van der Waals surface area (Å²) in [4.78, 5) is 12.2. The summed E-state index contributed by atoms with van der Waals surface area (Å²) in [5.74, 6) is -0.0471. The van der Waals surface area contributed by atoms with Crippen molar-refractivity contribution in [3.63, 3.8) is 0 Å². The predicted octanol–water partition coefficient (Wildman–Crippen LogP) is 5.24. The average Bonchev–Trinajstić information content (AvgIpc) is 2.47. The third-order valence-electron chi connectivity index (χ3n) is 3.23. The zero-order valence-electron chi connectivity index (χ0n) is 12.7. The molecular formula is C17H16Cl2N2OS. The van der Waals surface area contributed by atoms with E-state index in [2.05, 4.69) is 24.5 Å². The number of thiocarbonyl (C=S) groups is 1. The van der Waals surface area contributed by atoms with Crippen molar-refractivity contribution in [3.8, 4) is 0 Å². The zero-order chi connectivity index (χ0) is 17.0. The molecule has 0 aliphatic heterocycles. The molecule has 0 aliphatic carbocycles. The number of para-hydroxylation sites is 1. The van der Waals surface area contributed by atoms with Gasteiger partial charge in [-0.2, -0.15) is 0 Å². The van der Waals surface area contributed by atoms with E-state index < -0.39 is 0 Å². The topological polar surface area (TPSA) is 41.1 Å². The van der Waals surface area contributed by atoms with E-state index in [1.165, 1.54) is 6.07 Å². The van der Waals surface area contributed by atoms with E-state index in [4.69, 9.17) is 35.4 Å². The van der Waals surface area contributed by atoms with Crippen LogP contribution < -0.4 is 10.6 Å². The van der Waals surface area contributed by atoms with Crippen LogP contribution in [0.25, 0.3) is 0 Å². The molecule has 0 fully saturated rings. The van der Waals surface area contributed by atoms with E-state index in [-0.39, 0.29) is 16.0 Å². The Hall–Kier alpha value is -1.62. The summed E-state index contributed by atoms with van der Waals surface area (Å²) in [6.45, 7) is 4.19. The molecule has 2 aromatic carbocycles. The Labute approximate surface area is 151 Å². The molecule has 23 heavy (non-hydrogen) atoms. The van der Waals surface area contributed by atoms with Gasteiger partial charge in [-0.15, -0.1) is 0 Å². The van der Waals surface area contributed by atoms with Crippen molar-refractivity contribution in [2.75, 3.05) is 5.32 Å². The summed E-state index contributed by atoms with van der Waals surface area (Å²) in [7, 11) is 0. The van der Waals surface area contributed by atoms with E-state index in [9.17, 15) is 4.79 Å². The molecule has 0 atom stereocenters. The molecular weight excluding hydrogens is 351 g/mol. The SMILES string of the molecule is CC(C)c1ccccc1NC(=S)NC(=O)c1ccc(Cl)cc1Cl. The molecule has 1 amide bonds. The normalized spacial score (nSPS) is 10.5. The Morgan fingerprint density at radius 1 is 1.13 bits per heavy atom. The zero-order valence-corrected chi connectivity index (χ0v) is 15.0. The number of benzene rings is 2. The minimum absolute atomic E-state index is 0.217. The fourth-order valence-corrected chi connectivity index (χ4v) is 2.81. The van der Waals surface area contributed by atoms with Crippen molar-refractivity contribution in [2.24, 2.45) is 0 Å².